The lowest BCUT2D eigenvalue weighted by atomic mass is 10.1. The Morgan fingerprint density at radius 2 is 1.85 bits per heavy atom. The second kappa shape index (κ2) is 7.82. The number of anilines is 3. The van der Waals surface area contributed by atoms with Gasteiger partial charge in [0.25, 0.3) is 0 Å². The molecule has 0 spiro atoms. The van der Waals surface area contributed by atoms with E-state index in [1.54, 1.807) is 0 Å². The Morgan fingerprint density at radius 3 is 2.65 bits per heavy atom. The van der Waals surface area contributed by atoms with Gasteiger partial charge in [-0.25, -0.2) is 15.0 Å². The van der Waals surface area contributed by atoms with Gasteiger partial charge in [0.1, 0.15) is 5.82 Å². The summed E-state index contributed by atoms with van der Waals surface area (Å²) < 4.78 is 5.40. The van der Waals surface area contributed by atoms with Gasteiger partial charge < -0.3 is 19.9 Å². The number of aromatic nitrogens is 4. The molecule has 0 aromatic carbocycles. The Morgan fingerprint density at radius 1 is 1.04 bits per heavy atom. The Bertz CT molecular complexity index is 718. The number of hydrogen-bond donors (Lipinski definition) is 1. The third-order valence-corrected chi connectivity index (χ3v) is 4.76. The minimum absolute atomic E-state index is 0.320. The Labute approximate surface area is 153 Å². The van der Waals surface area contributed by atoms with Crippen molar-refractivity contribution in [1.29, 1.82) is 0 Å². The van der Waals surface area contributed by atoms with Crippen LogP contribution in [-0.2, 0) is 4.74 Å². The summed E-state index contributed by atoms with van der Waals surface area (Å²) in [6, 6.07) is 2.26. The van der Waals surface area contributed by atoms with E-state index in [9.17, 15) is 0 Å². The second-order valence-corrected chi connectivity index (χ2v) is 6.83. The summed E-state index contributed by atoms with van der Waals surface area (Å²) in [6.45, 7) is 7.01. The molecule has 1 N–H and O–H groups in total. The molecule has 2 fully saturated rings. The number of ether oxygens (including phenoxy) is 1. The fourth-order valence-electron chi connectivity index (χ4n) is 3.38. The van der Waals surface area contributed by atoms with Gasteiger partial charge in [-0.1, -0.05) is 0 Å². The summed E-state index contributed by atoms with van der Waals surface area (Å²) in [4.78, 5) is 22.4. The molecule has 0 amide bonds. The summed E-state index contributed by atoms with van der Waals surface area (Å²) in [7, 11) is 0. The first-order valence-corrected chi connectivity index (χ1v) is 9.24. The van der Waals surface area contributed by atoms with Crippen molar-refractivity contribution in [2.75, 3.05) is 54.5 Å². The van der Waals surface area contributed by atoms with Gasteiger partial charge in [-0.15, -0.1) is 0 Å². The van der Waals surface area contributed by atoms with Crippen molar-refractivity contribution >= 4 is 17.7 Å². The normalized spacial score (nSPS) is 20.9. The van der Waals surface area contributed by atoms with Crippen LogP contribution in [0, 0.1) is 6.92 Å². The van der Waals surface area contributed by atoms with Crippen molar-refractivity contribution in [2.24, 2.45) is 0 Å². The maximum absolute atomic E-state index is 5.40. The fourth-order valence-corrected chi connectivity index (χ4v) is 3.38. The average Bonchev–Trinajstić information content (AvgIpc) is 2.70. The molecule has 8 heteroatoms. The minimum atomic E-state index is 0.320. The predicted octanol–water partition coefficient (Wildman–Crippen LogP) is 1.49. The second-order valence-electron chi connectivity index (χ2n) is 6.83. The van der Waals surface area contributed by atoms with Crippen molar-refractivity contribution in [1.82, 2.24) is 19.9 Å². The first-order chi connectivity index (χ1) is 12.8. The molecular formula is C18H25N7O. The number of rotatable bonds is 4. The zero-order valence-corrected chi connectivity index (χ0v) is 15.1. The third-order valence-electron chi connectivity index (χ3n) is 4.76. The quantitative estimate of drug-likeness (QED) is 0.884. The monoisotopic (exact) mass is 355 g/mol. The van der Waals surface area contributed by atoms with Crippen LogP contribution in [0.25, 0.3) is 0 Å². The number of morpholine rings is 1. The maximum Gasteiger partial charge on any atom is 0.227 e. The molecule has 0 saturated carbocycles. The highest BCUT2D eigenvalue weighted by molar-refractivity contribution is 5.43. The molecule has 0 radical (unpaired) electrons. The van der Waals surface area contributed by atoms with E-state index >= 15 is 0 Å². The molecule has 1 unspecified atom stereocenters. The Hall–Kier alpha value is -2.48. The van der Waals surface area contributed by atoms with Crippen LogP contribution in [-0.4, -0.2) is 65.4 Å². The van der Waals surface area contributed by atoms with E-state index in [1.165, 1.54) is 0 Å². The van der Waals surface area contributed by atoms with Crippen LogP contribution in [0.3, 0.4) is 0 Å². The highest BCUT2D eigenvalue weighted by atomic mass is 16.5. The van der Waals surface area contributed by atoms with Crippen molar-refractivity contribution in [3.8, 4) is 0 Å². The molecule has 2 saturated heterocycles. The fraction of sp³-hybridized carbons (Fsp3) is 0.556. The topological polar surface area (TPSA) is 79.3 Å². The van der Waals surface area contributed by atoms with E-state index in [1.807, 2.05) is 31.6 Å². The van der Waals surface area contributed by atoms with Crippen LogP contribution < -0.4 is 15.1 Å². The van der Waals surface area contributed by atoms with Gasteiger partial charge in [0.05, 0.1) is 13.2 Å². The molecule has 138 valence electrons. The third kappa shape index (κ3) is 4.01. The van der Waals surface area contributed by atoms with Crippen LogP contribution in [0.1, 0.15) is 18.4 Å². The summed E-state index contributed by atoms with van der Waals surface area (Å²) in [5.74, 6) is 2.45. The van der Waals surface area contributed by atoms with E-state index in [4.69, 9.17) is 9.72 Å². The Kier molecular flexibility index (Phi) is 5.10. The van der Waals surface area contributed by atoms with Crippen LogP contribution in [0.4, 0.5) is 17.7 Å². The van der Waals surface area contributed by atoms with Gasteiger partial charge in [0, 0.05) is 50.8 Å². The van der Waals surface area contributed by atoms with Gasteiger partial charge in [-0.3, -0.25) is 0 Å². The lowest BCUT2D eigenvalue weighted by molar-refractivity contribution is 0.122. The van der Waals surface area contributed by atoms with Crippen LogP contribution in [0.5, 0.6) is 0 Å². The SMILES string of the molecule is Cc1cnc(N2CCCC(Nc3ccnc(N4CCOCC4)n3)C2)nc1. The van der Waals surface area contributed by atoms with Gasteiger partial charge >= 0.3 is 0 Å². The van der Waals surface area contributed by atoms with Crippen molar-refractivity contribution in [3.63, 3.8) is 0 Å². The number of piperidine rings is 1. The number of aryl methyl sites for hydroxylation is 1. The molecule has 2 aromatic heterocycles. The molecule has 26 heavy (non-hydrogen) atoms. The van der Waals surface area contributed by atoms with Crippen LogP contribution in [0.2, 0.25) is 0 Å². The van der Waals surface area contributed by atoms with E-state index in [-0.39, 0.29) is 0 Å². The highest BCUT2D eigenvalue weighted by Crippen LogP contribution is 2.19. The smallest absolute Gasteiger partial charge is 0.227 e. The zero-order chi connectivity index (χ0) is 17.8. The zero-order valence-electron chi connectivity index (χ0n) is 15.1. The minimum Gasteiger partial charge on any atom is -0.378 e. The lowest BCUT2D eigenvalue weighted by Crippen LogP contribution is -2.43. The van der Waals surface area contributed by atoms with E-state index in [2.05, 4.69) is 30.1 Å². The summed E-state index contributed by atoms with van der Waals surface area (Å²) in [5, 5.41) is 3.57. The first-order valence-electron chi connectivity index (χ1n) is 9.24. The maximum atomic E-state index is 5.40. The van der Waals surface area contributed by atoms with Crippen molar-refractivity contribution in [2.45, 2.75) is 25.8 Å². The number of hydrogen-bond acceptors (Lipinski definition) is 8. The summed E-state index contributed by atoms with van der Waals surface area (Å²) in [6.07, 6.45) is 7.79. The van der Waals surface area contributed by atoms with Crippen LogP contribution >= 0.6 is 0 Å². The highest BCUT2D eigenvalue weighted by Gasteiger charge is 2.22. The van der Waals surface area contributed by atoms with E-state index < -0.39 is 0 Å². The molecule has 0 aliphatic carbocycles. The predicted molar refractivity (Wildman–Crippen MR) is 101 cm³/mol. The average molecular weight is 355 g/mol. The summed E-state index contributed by atoms with van der Waals surface area (Å²) in [5.41, 5.74) is 1.08. The number of nitrogens with one attached hydrogen (secondary N) is 1. The van der Waals surface area contributed by atoms with Crippen LogP contribution in [0.15, 0.2) is 24.7 Å². The Balaban J connectivity index is 1.41. The van der Waals surface area contributed by atoms with Crippen molar-refractivity contribution < 1.29 is 4.74 Å². The van der Waals surface area contributed by atoms with Gasteiger partial charge in [-0.05, 0) is 31.4 Å². The lowest BCUT2D eigenvalue weighted by Gasteiger charge is -2.33. The van der Waals surface area contributed by atoms with Gasteiger partial charge in [0.15, 0.2) is 0 Å². The molecular weight excluding hydrogens is 330 g/mol. The summed E-state index contributed by atoms with van der Waals surface area (Å²) >= 11 is 0. The van der Waals surface area contributed by atoms with E-state index in [0.29, 0.717) is 6.04 Å². The standard InChI is InChI=1S/C18H25N7O/c1-14-11-20-17(21-12-14)25-6-2-3-15(13-25)22-16-4-5-19-18(23-16)24-7-9-26-10-8-24/h4-5,11-12,15H,2-3,6-10,13H2,1H3,(H,19,22,23). The molecule has 4 rings (SSSR count). The molecule has 8 nitrogen and oxygen atoms in total. The molecule has 2 aromatic rings. The van der Waals surface area contributed by atoms with Gasteiger partial charge in [-0.2, -0.15) is 4.98 Å². The van der Waals surface area contributed by atoms with Gasteiger partial charge in [0.2, 0.25) is 11.9 Å². The molecule has 4 heterocycles. The molecule has 1 atom stereocenters. The molecule has 2 aliphatic rings. The van der Waals surface area contributed by atoms with Crippen molar-refractivity contribution in [3.05, 3.63) is 30.2 Å². The van der Waals surface area contributed by atoms with E-state index in [0.717, 1.165) is 75.5 Å². The number of nitrogens with zero attached hydrogens (tertiary/aromatic N) is 6. The first kappa shape index (κ1) is 17.0. The largest absolute Gasteiger partial charge is 0.378 e. The molecule has 2 aliphatic heterocycles. The molecule has 0 bridgehead atoms.